The Morgan fingerprint density at radius 3 is 2.28 bits per heavy atom. The van der Waals surface area contributed by atoms with E-state index in [9.17, 15) is 19.5 Å². The van der Waals surface area contributed by atoms with Crippen LogP contribution in [0.4, 0.5) is 0 Å². The lowest BCUT2D eigenvalue weighted by molar-refractivity contribution is 0.471. The molecule has 0 radical (unpaired) electrons. The molecule has 0 saturated heterocycles. The maximum atomic E-state index is 13.0. The molecule has 1 N–H and O–H groups in total. The molecule has 25 heavy (non-hydrogen) atoms. The van der Waals surface area contributed by atoms with Gasteiger partial charge in [-0.1, -0.05) is 24.3 Å². The lowest BCUT2D eigenvalue weighted by Crippen LogP contribution is -2.40. The predicted molar refractivity (Wildman–Crippen MR) is 95.6 cm³/mol. The number of aromatic nitrogens is 3. The maximum absolute atomic E-state index is 13.0. The normalized spacial score (nSPS) is 11.0. The molecule has 0 saturated carbocycles. The number of rotatable bonds is 3. The number of allylic oxidation sites excluding steroid dienone is 1. The SMILES string of the molecule is C=CCc1c(O)c2c(=O)n(C)c(=O)n(C)c2n(-c2ccccc2)c1=O. The number of fused-ring (bicyclic) bond motifs is 1. The number of aromatic hydroxyl groups is 1. The summed E-state index contributed by atoms with van der Waals surface area (Å²) in [6.07, 6.45) is 1.57. The third-order valence-electron chi connectivity index (χ3n) is 4.19. The highest BCUT2D eigenvalue weighted by Gasteiger charge is 2.22. The van der Waals surface area contributed by atoms with Crippen LogP contribution in [0.25, 0.3) is 16.7 Å². The number of hydrogen-bond acceptors (Lipinski definition) is 4. The second-order valence-corrected chi connectivity index (χ2v) is 5.70. The van der Waals surface area contributed by atoms with Gasteiger partial charge in [-0.2, -0.15) is 0 Å². The highest BCUT2D eigenvalue weighted by molar-refractivity contribution is 5.84. The van der Waals surface area contributed by atoms with E-state index in [1.54, 1.807) is 30.3 Å². The number of pyridine rings is 1. The van der Waals surface area contributed by atoms with Crippen molar-refractivity contribution in [3.8, 4) is 11.4 Å². The quantitative estimate of drug-likeness (QED) is 0.716. The summed E-state index contributed by atoms with van der Waals surface area (Å²) in [6, 6.07) is 8.66. The van der Waals surface area contributed by atoms with Crippen LogP contribution in [0.3, 0.4) is 0 Å². The van der Waals surface area contributed by atoms with Gasteiger partial charge in [-0.05, 0) is 18.6 Å². The Morgan fingerprint density at radius 2 is 1.68 bits per heavy atom. The fourth-order valence-electron chi connectivity index (χ4n) is 2.93. The Morgan fingerprint density at radius 1 is 1.04 bits per heavy atom. The molecule has 0 aliphatic rings. The van der Waals surface area contributed by atoms with Crippen LogP contribution in [0.1, 0.15) is 5.56 Å². The average molecular weight is 339 g/mol. The molecular formula is C18H17N3O4. The van der Waals surface area contributed by atoms with E-state index in [1.165, 1.54) is 29.3 Å². The molecule has 2 aromatic heterocycles. The smallest absolute Gasteiger partial charge is 0.332 e. The van der Waals surface area contributed by atoms with E-state index >= 15 is 0 Å². The Balaban J connectivity index is 2.72. The van der Waals surface area contributed by atoms with Crippen molar-refractivity contribution in [1.29, 1.82) is 0 Å². The number of nitrogens with zero attached hydrogens (tertiary/aromatic N) is 3. The first-order chi connectivity index (χ1) is 11.9. The molecule has 7 nitrogen and oxygen atoms in total. The third kappa shape index (κ3) is 2.32. The number of para-hydroxylation sites is 1. The third-order valence-corrected chi connectivity index (χ3v) is 4.19. The molecule has 0 atom stereocenters. The molecule has 0 bridgehead atoms. The zero-order valence-electron chi connectivity index (χ0n) is 13.9. The molecule has 128 valence electrons. The summed E-state index contributed by atoms with van der Waals surface area (Å²) in [5, 5.41) is 10.5. The lowest BCUT2D eigenvalue weighted by atomic mass is 10.1. The summed E-state index contributed by atoms with van der Waals surface area (Å²) < 4.78 is 3.36. The van der Waals surface area contributed by atoms with Crippen LogP contribution in [0.2, 0.25) is 0 Å². The monoisotopic (exact) mass is 339 g/mol. The Hall–Kier alpha value is -3.35. The molecule has 2 heterocycles. The minimum Gasteiger partial charge on any atom is -0.506 e. The molecule has 0 fully saturated rings. The van der Waals surface area contributed by atoms with Crippen molar-refractivity contribution in [3.63, 3.8) is 0 Å². The van der Waals surface area contributed by atoms with Gasteiger partial charge in [-0.25, -0.2) is 4.79 Å². The van der Waals surface area contributed by atoms with Crippen molar-refractivity contribution in [2.45, 2.75) is 6.42 Å². The summed E-state index contributed by atoms with van der Waals surface area (Å²) in [6.45, 7) is 3.59. The molecule has 0 amide bonds. The van der Waals surface area contributed by atoms with E-state index in [4.69, 9.17) is 0 Å². The van der Waals surface area contributed by atoms with Crippen molar-refractivity contribution >= 4 is 11.0 Å². The van der Waals surface area contributed by atoms with E-state index < -0.39 is 22.6 Å². The molecule has 7 heteroatoms. The van der Waals surface area contributed by atoms with Gasteiger partial charge in [0, 0.05) is 14.1 Å². The minimum absolute atomic E-state index is 0.0506. The average Bonchev–Trinajstić information content (AvgIpc) is 2.62. The zero-order valence-corrected chi connectivity index (χ0v) is 13.9. The van der Waals surface area contributed by atoms with Crippen LogP contribution < -0.4 is 16.8 Å². The van der Waals surface area contributed by atoms with Gasteiger partial charge in [0.15, 0.2) is 0 Å². The van der Waals surface area contributed by atoms with Crippen LogP contribution >= 0.6 is 0 Å². The molecule has 0 aliphatic carbocycles. The Kier molecular flexibility index (Phi) is 3.92. The van der Waals surface area contributed by atoms with Crippen molar-refractivity contribution in [3.05, 3.63) is 79.7 Å². The van der Waals surface area contributed by atoms with E-state index in [0.29, 0.717) is 5.69 Å². The summed E-state index contributed by atoms with van der Waals surface area (Å²) in [7, 11) is 2.78. The van der Waals surface area contributed by atoms with Gasteiger partial charge in [0.1, 0.15) is 16.8 Å². The highest BCUT2D eigenvalue weighted by Crippen LogP contribution is 2.25. The van der Waals surface area contributed by atoms with Crippen LogP contribution in [0, 0.1) is 0 Å². The number of aryl methyl sites for hydroxylation is 1. The molecule has 1 aromatic carbocycles. The van der Waals surface area contributed by atoms with E-state index in [-0.39, 0.29) is 23.0 Å². The summed E-state index contributed by atoms with van der Waals surface area (Å²) in [5.74, 6) is -0.414. The van der Waals surface area contributed by atoms with Crippen molar-refractivity contribution in [2.75, 3.05) is 0 Å². The molecule has 3 rings (SSSR count). The van der Waals surface area contributed by atoms with Gasteiger partial charge in [0.05, 0.1) is 11.3 Å². The van der Waals surface area contributed by atoms with Crippen molar-refractivity contribution in [1.82, 2.24) is 13.7 Å². The standard InChI is InChI=1S/C18H17N3O4/c1-4-8-12-14(22)13-15(19(2)18(25)20(3)17(13)24)21(16(12)23)11-9-6-5-7-10-11/h4-7,9-10,22H,1,8H2,2-3H3. The van der Waals surface area contributed by atoms with Crippen molar-refractivity contribution in [2.24, 2.45) is 14.1 Å². The maximum Gasteiger partial charge on any atom is 0.332 e. The van der Waals surface area contributed by atoms with Crippen LogP contribution in [-0.2, 0) is 20.5 Å². The molecular weight excluding hydrogens is 322 g/mol. The van der Waals surface area contributed by atoms with Gasteiger partial charge in [0.25, 0.3) is 11.1 Å². The minimum atomic E-state index is -0.661. The number of hydrogen-bond donors (Lipinski definition) is 1. The van der Waals surface area contributed by atoms with Crippen LogP contribution in [-0.4, -0.2) is 18.8 Å². The van der Waals surface area contributed by atoms with Crippen LogP contribution in [0.15, 0.2) is 57.4 Å². The first-order valence-electron chi connectivity index (χ1n) is 7.63. The fourth-order valence-corrected chi connectivity index (χ4v) is 2.93. The molecule has 0 unspecified atom stereocenters. The zero-order chi connectivity index (χ0) is 18.3. The van der Waals surface area contributed by atoms with Crippen LogP contribution in [0.5, 0.6) is 5.75 Å². The summed E-state index contributed by atoms with van der Waals surface area (Å²) in [5.41, 5.74) is -1.15. The Bertz CT molecular complexity index is 1170. The summed E-state index contributed by atoms with van der Waals surface area (Å²) >= 11 is 0. The summed E-state index contributed by atoms with van der Waals surface area (Å²) in [4.78, 5) is 37.9. The first kappa shape index (κ1) is 16.5. The fraction of sp³-hybridized carbons (Fsp3) is 0.167. The van der Waals surface area contributed by atoms with Gasteiger partial charge < -0.3 is 5.11 Å². The lowest BCUT2D eigenvalue weighted by Gasteiger charge is -2.17. The van der Waals surface area contributed by atoms with Gasteiger partial charge in [-0.15, -0.1) is 6.58 Å². The predicted octanol–water partition coefficient (Wildman–Crippen LogP) is 0.822. The second-order valence-electron chi connectivity index (χ2n) is 5.70. The number of benzene rings is 1. The second kappa shape index (κ2) is 5.94. The van der Waals surface area contributed by atoms with E-state index in [2.05, 4.69) is 6.58 Å². The molecule has 0 aliphatic heterocycles. The largest absolute Gasteiger partial charge is 0.506 e. The first-order valence-corrected chi connectivity index (χ1v) is 7.63. The topological polar surface area (TPSA) is 86.2 Å². The molecule has 3 aromatic rings. The Labute approximate surface area is 142 Å². The molecule has 0 spiro atoms. The van der Waals surface area contributed by atoms with Crippen molar-refractivity contribution < 1.29 is 5.11 Å². The van der Waals surface area contributed by atoms with Gasteiger partial charge in [0.2, 0.25) is 0 Å². The van der Waals surface area contributed by atoms with Gasteiger partial charge in [-0.3, -0.25) is 23.3 Å². The highest BCUT2D eigenvalue weighted by atomic mass is 16.3. The van der Waals surface area contributed by atoms with E-state index in [1.807, 2.05) is 0 Å². The van der Waals surface area contributed by atoms with Gasteiger partial charge >= 0.3 is 5.69 Å². The van der Waals surface area contributed by atoms with E-state index in [0.717, 1.165) is 4.57 Å².